The smallest absolute Gasteiger partial charge is 0.254 e. The van der Waals surface area contributed by atoms with Crippen LogP contribution < -0.4 is 5.32 Å². The summed E-state index contributed by atoms with van der Waals surface area (Å²) in [6.45, 7) is 0.165. The van der Waals surface area contributed by atoms with E-state index in [0.29, 0.717) is 22.8 Å². The number of benzene rings is 2. The largest absolute Gasteiger partial charge is 0.351 e. The van der Waals surface area contributed by atoms with E-state index in [2.05, 4.69) is 15.5 Å². The van der Waals surface area contributed by atoms with Crippen molar-refractivity contribution in [1.82, 2.24) is 15.5 Å². The van der Waals surface area contributed by atoms with E-state index in [9.17, 15) is 13.6 Å². The predicted octanol–water partition coefficient (Wildman–Crippen LogP) is 3.64. The Morgan fingerprint density at radius 3 is 2.64 bits per heavy atom. The number of carbonyl (C=O) groups excluding carboxylic acids is 1. The van der Waals surface area contributed by atoms with Gasteiger partial charge < -0.3 is 9.84 Å². The molecule has 1 aromatic heterocycles. The lowest BCUT2D eigenvalue weighted by Crippen LogP contribution is -2.26. The lowest BCUT2D eigenvalue weighted by atomic mass is 10.2. The van der Waals surface area contributed by atoms with E-state index in [1.807, 2.05) is 0 Å². The molecule has 0 atom stereocenters. The van der Waals surface area contributed by atoms with Gasteiger partial charge in [-0.3, -0.25) is 4.79 Å². The molecule has 128 valence electrons. The molecule has 8 heteroatoms. The van der Waals surface area contributed by atoms with Crippen molar-refractivity contribution in [2.75, 3.05) is 6.54 Å². The molecule has 3 aromatic rings. The maximum absolute atomic E-state index is 13.5. The van der Waals surface area contributed by atoms with Gasteiger partial charge in [0.2, 0.25) is 11.7 Å². The van der Waals surface area contributed by atoms with Crippen LogP contribution in [-0.2, 0) is 6.42 Å². The van der Waals surface area contributed by atoms with Gasteiger partial charge in [0.05, 0.1) is 5.56 Å². The van der Waals surface area contributed by atoms with Crippen molar-refractivity contribution < 1.29 is 18.1 Å². The Hall–Kier alpha value is -2.80. The van der Waals surface area contributed by atoms with Gasteiger partial charge >= 0.3 is 0 Å². The van der Waals surface area contributed by atoms with Gasteiger partial charge in [-0.1, -0.05) is 16.8 Å². The molecule has 0 unspecified atom stereocenters. The highest BCUT2D eigenvalue weighted by atomic mass is 35.5. The normalized spacial score (nSPS) is 10.7. The first-order valence-corrected chi connectivity index (χ1v) is 7.72. The Morgan fingerprint density at radius 1 is 1.16 bits per heavy atom. The Kier molecular flexibility index (Phi) is 5.04. The van der Waals surface area contributed by atoms with Crippen LogP contribution in [0.2, 0.25) is 5.02 Å². The number of halogens is 3. The fraction of sp³-hybridized carbons (Fsp3) is 0.118. The molecule has 0 saturated heterocycles. The van der Waals surface area contributed by atoms with Gasteiger partial charge in [0, 0.05) is 29.6 Å². The van der Waals surface area contributed by atoms with Crippen LogP contribution in [0, 0.1) is 11.6 Å². The molecular formula is C17H12ClF2N3O2. The van der Waals surface area contributed by atoms with Gasteiger partial charge in [-0.2, -0.15) is 4.98 Å². The molecule has 2 aromatic carbocycles. The summed E-state index contributed by atoms with van der Waals surface area (Å²) in [5.41, 5.74) is 0.519. The van der Waals surface area contributed by atoms with E-state index in [1.165, 1.54) is 0 Å². The summed E-state index contributed by atoms with van der Waals surface area (Å²) in [6, 6.07) is 9.71. The number of aromatic nitrogens is 2. The first-order chi connectivity index (χ1) is 12.0. The molecule has 0 aliphatic carbocycles. The fourth-order valence-electron chi connectivity index (χ4n) is 2.12. The molecule has 0 radical (unpaired) electrons. The van der Waals surface area contributed by atoms with Gasteiger partial charge in [-0.25, -0.2) is 8.78 Å². The van der Waals surface area contributed by atoms with Crippen LogP contribution in [0.4, 0.5) is 8.78 Å². The van der Waals surface area contributed by atoms with Crippen molar-refractivity contribution >= 4 is 17.5 Å². The lowest BCUT2D eigenvalue weighted by Gasteiger charge is -2.04. The van der Waals surface area contributed by atoms with Crippen molar-refractivity contribution in [2.45, 2.75) is 6.42 Å². The molecule has 0 aliphatic rings. The summed E-state index contributed by atoms with van der Waals surface area (Å²) in [4.78, 5) is 16.1. The van der Waals surface area contributed by atoms with Gasteiger partial charge in [0.25, 0.3) is 5.91 Å². The predicted molar refractivity (Wildman–Crippen MR) is 87.1 cm³/mol. The third-order valence-corrected chi connectivity index (χ3v) is 3.62. The minimum atomic E-state index is -0.916. The van der Waals surface area contributed by atoms with Crippen LogP contribution in [0.1, 0.15) is 16.2 Å². The first kappa shape index (κ1) is 17.0. The highest BCUT2D eigenvalue weighted by Crippen LogP contribution is 2.18. The quantitative estimate of drug-likeness (QED) is 0.751. The number of rotatable bonds is 5. The topological polar surface area (TPSA) is 68.0 Å². The molecule has 0 saturated carbocycles. The number of hydrogen-bond donors (Lipinski definition) is 1. The minimum Gasteiger partial charge on any atom is -0.351 e. The highest BCUT2D eigenvalue weighted by molar-refractivity contribution is 6.30. The summed E-state index contributed by atoms with van der Waals surface area (Å²) in [7, 11) is 0. The number of nitrogens with zero attached hydrogens (tertiary/aromatic N) is 2. The Labute approximate surface area is 146 Å². The standard InChI is InChI=1S/C17H12ClF2N3O2/c18-11-3-1-10(2-4-11)16-22-15(25-23-16)7-8-21-17(24)13-6-5-12(19)9-14(13)20/h1-6,9H,7-8H2,(H,21,24). The van der Waals surface area contributed by atoms with Crippen molar-refractivity contribution in [2.24, 2.45) is 0 Å². The summed E-state index contributed by atoms with van der Waals surface area (Å²) >= 11 is 5.82. The number of amides is 1. The molecule has 0 spiro atoms. The Bertz CT molecular complexity index is 897. The van der Waals surface area contributed by atoms with E-state index in [-0.39, 0.29) is 18.5 Å². The molecule has 0 bridgehead atoms. The molecule has 1 amide bonds. The van der Waals surface area contributed by atoms with E-state index >= 15 is 0 Å². The summed E-state index contributed by atoms with van der Waals surface area (Å²) in [5, 5.41) is 6.97. The molecule has 1 heterocycles. The lowest BCUT2D eigenvalue weighted by molar-refractivity contribution is 0.0949. The van der Waals surface area contributed by atoms with Gasteiger partial charge in [-0.15, -0.1) is 0 Å². The summed E-state index contributed by atoms with van der Waals surface area (Å²) in [5.74, 6) is -1.57. The maximum atomic E-state index is 13.5. The van der Waals surface area contributed by atoms with Crippen LogP contribution >= 0.6 is 11.6 Å². The van der Waals surface area contributed by atoms with E-state index in [4.69, 9.17) is 16.1 Å². The average molecular weight is 364 g/mol. The van der Waals surface area contributed by atoms with Crippen molar-refractivity contribution in [3.05, 3.63) is 70.6 Å². The zero-order chi connectivity index (χ0) is 17.8. The zero-order valence-corrected chi connectivity index (χ0v) is 13.6. The fourth-order valence-corrected chi connectivity index (χ4v) is 2.25. The third kappa shape index (κ3) is 4.19. The Balaban J connectivity index is 1.57. The van der Waals surface area contributed by atoms with Crippen LogP contribution in [0.5, 0.6) is 0 Å². The van der Waals surface area contributed by atoms with Crippen LogP contribution in [0.3, 0.4) is 0 Å². The second-order valence-electron chi connectivity index (χ2n) is 5.15. The van der Waals surface area contributed by atoms with Gasteiger partial charge in [0.15, 0.2) is 0 Å². The van der Waals surface area contributed by atoms with Crippen molar-refractivity contribution in [1.29, 1.82) is 0 Å². The monoisotopic (exact) mass is 363 g/mol. The molecule has 25 heavy (non-hydrogen) atoms. The highest BCUT2D eigenvalue weighted by Gasteiger charge is 2.13. The number of carbonyl (C=O) groups is 1. The van der Waals surface area contributed by atoms with Gasteiger partial charge in [0.1, 0.15) is 11.6 Å². The molecule has 0 fully saturated rings. The first-order valence-electron chi connectivity index (χ1n) is 7.35. The Morgan fingerprint density at radius 2 is 1.92 bits per heavy atom. The molecule has 1 N–H and O–H groups in total. The van der Waals surface area contributed by atoms with E-state index in [1.54, 1.807) is 24.3 Å². The molecule has 0 aliphatic heterocycles. The van der Waals surface area contributed by atoms with Crippen molar-refractivity contribution in [3.63, 3.8) is 0 Å². The maximum Gasteiger partial charge on any atom is 0.254 e. The minimum absolute atomic E-state index is 0.165. The second kappa shape index (κ2) is 7.40. The molecular weight excluding hydrogens is 352 g/mol. The molecule has 3 rings (SSSR count). The van der Waals surface area contributed by atoms with E-state index in [0.717, 1.165) is 17.7 Å². The second-order valence-corrected chi connectivity index (χ2v) is 5.59. The summed E-state index contributed by atoms with van der Waals surface area (Å²) < 4.78 is 31.5. The van der Waals surface area contributed by atoms with Crippen LogP contribution in [0.15, 0.2) is 47.0 Å². The SMILES string of the molecule is O=C(NCCc1nc(-c2ccc(Cl)cc2)no1)c1ccc(F)cc1F. The third-order valence-electron chi connectivity index (χ3n) is 3.37. The summed E-state index contributed by atoms with van der Waals surface area (Å²) in [6.07, 6.45) is 0.273. The number of nitrogens with one attached hydrogen (secondary N) is 1. The van der Waals surface area contributed by atoms with Gasteiger partial charge in [-0.05, 0) is 36.4 Å². The van der Waals surface area contributed by atoms with Crippen molar-refractivity contribution in [3.8, 4) is 11.4 Å². The zero-order valence-electron chi connectivity index (χ0n) is 12.8. The average Bonchev–Trinajstić information content (AvgIpc) is 3.04. The van der Waals surface area contributed by atoms with Crippen LogP contribution in [0.25, 0.3) is 11.4 Å². The van der Waals surface area contributed by atoms with Crippen LogP contribution in [-0.4, -0.2) is 22.6 Å². The van der Waals surface area contributed by atoms with E-state index < -0.39 is 17.5 Å². The molecule has 5 nitrogen and oxygen atoms in total. The number of hydrogen-bond acceptors (Lipinski definition) is 4.